The molecule has 4 rings (SSSR count). The third-order valence-corrected chi connectivity index (χ3v) is 8.06. The molecule has 0 aromatic carbocycles. The first-order valence-electron chi connectivity index (χ1n) is 6.60. The first-order chi connectivity index (χ1) is 7.77. The van der Waals surface area contributed by atoms with Crippen LogP contribution in [0.1, 0.15) is 19.8 Å². The maximum absolute atomic E-state index is 11.2. The van der Waals surface area contributed by atoms with Gasteiger partial charge < -0.3 is 4.74 Å². The van der Waals surface area contributed by atoms with Crippen LogP contribution < -0.4 is 0 Å². The molecule has 1 saturated heterocycles. The minimum Gasteiger partial charge on any atom is -0.462 e. The molecule has 0 aromatic rings. The van der Waals surface area contributed by atoms with Crippen LogP contribution in [0.25, 0.3) is 0 Å². The van der Waals surface area contributed by atoms with Gasteiger partial charge in [0.25, 0.3) is 0 Å². The van der Waals surface area contributed by atoms with Crippen LogP contribution in [0.5, 0.6) is 0 Å². The van der Waals surface area contributed by atoms with Gasteiger partial charge in [-0.2, -0.15) is 11.8 Å². The highest BCUT2D eigenvalue weighted by Crippen LogP contribution is 2.80. The largest absolute Gasteiger partial charge is 0.462 e. The molecule has 0 N–H and O–H groups in total. The van der Waals surface area contributed by atoms with Crippen molar-refractivity contribution in [2.45, 2.75) is 36.4 Å². The molecule has 3 heteroatoms. The maximum atomic E-state index is 11.2. The third kappa shape index (κ3) is 0.704. The summed E-state index contributed by atoms with van der Waals surface area (Å²) in [6.45, 7) is 1.58. The molecule has 4 fully saturated rings. The summed E-state index contributed by atoms with van der Waals surface area (Å²) < 4.78 is 5.68. The standard InChI is InChI=1S/C13H16O2S/c1-4(14)15-11-9-5-2-3-6-8-7(5)10(11)13(8)16-12(6)9/h5-13H,2-3H2,1H3/t5-,6+,7-,8+,9+,10+,11+,12+,13-/m1/s1. The lowest BCUT2D eigenvalue weighted by molar-refractivity contribution is -0.152. The van der Waals surface area contributed by atoms with Gasteiger partial charge in [0.2, 0.25) is 0 Å². The zero-order chi connectivity index (χ0) is 10.6. The normalized spacial score (nSPS) is 67.2. The number of esters is 1. The molecule has 86 valence electrons. The van der Waals surface area contributed by atoms with Crippen molar-refractivity contribution in [1.82, 2.24) is 0 Å². The fourth-order valence-corrected chi connectivity index (χ4v) is 8.54. The Hall–Kier alpha value is -0.180. The summed E-state index contributed by atoms with van der Waals surface area (Å²) >= 11 is 2.26. The smallest absolute Gasteiger partial charge is 0.302 e. The minimum absolute atomic E-state index is 0.0544. The SMILES string of the molecule is CC(=O)O[C@H]1[C@@H]2[C@@H]3CC[C@@H]4[C@@H]2S[C@@H]2[C@@H]4[C@@H]3[C@@H]12. The van der Waals surface area contributed by atoms with E-state index in [1.807, 2.05) is 0 Å². The highest BCUT2D eigenvalue weighted by atomic mass is 32.2. The Morgan fingerprint density at radius 3 is 2.69 bits per heavy atom. The fraction of sp³-hybridized carbons (Fsp3) is 0.923. The van der Waals surface area contributed by atoms with Gasteiger partial charge in [-0.3, -0.25) is 4.79 Å². The summed E-state index contributed by atoms with van der Waals surface area (Å²) in [5.74, 6) is 5.31. The van der Waals surface area contributed by atoms with Crippen LogP contribution in [0.15, 0.2) is 0 Å². The Morgan fingerprint density at radius 2 is 1.88 bits per heavy atom. The van der Waals surface area contributed by atoms with Crippen molar-refractivity contribution in [2.75, 3.05) is 0 Å². The number of carbonyl (C=O) groups is 1. The van der Waals surface area contributed by atoms with Crippen LogP contribution in [0.3, 0.4) is 0 Å². The molecule has 1 aliphatic heterocycles. The van der Waals surface area contributed by atoms with Crippen LogP contribution in [0, 0.1) is 35.5 Å². The summed E-state index contributed by atoms with van der Waals surface area (Å²) in [6, 6.07) is 0. The second-order valence-corrected chi connectivity index (χ2v) is 7.71. The Bertz CT molecular complexity index is 391. The molecule has 0 spiro atoms. The molecule has 0 aromatic heterocycles. The quantitative estimate of drug-likeness (QED) is 0.514. The third-order valence-electron chi connectivity index (χ3n) is 6.14. The second kappa shape index (κ2) is 2.47. The van der Waals surface area contributed by atoms with Crippen molar-refractivity contribution in [3.63, 3.8) is 0 Å². The topological polar surface area (TPSA) is 26.3 Å². The van der Waals surface area contributed by atoms with Crippen LogP contribution in [-0.2, 0) is 9.53 Å². The second-order valence-electron chi connectivity index (χ2n) is 6.35. The van der Waals surface area contributed by atoms with E-state index in [1.54, 1.807) is 6.92 Å². The fourth-order valence-electron chi connectivity index (χ4n) is 6.03. The van der Waals surface area contributed by atoms with Crippen molar-refractivity contribution in [3.05, 3.63) is 0 Å². The molecule has 3 aliphatic carbocycles. The molecule has 2 nitrogen and oxygen atoms in total. The minimum atomic E-state index is -0.0544. The molecule has 0 bridgehead atoms. The van der Waals surface area contributed by atoms with Crippen molar-refractivity contribution in [1.29, 1.82) is 0 Å². The molecule has 0 radical (unpaired) electrons. The van der Waals surface area contributed by atoms with Gasteiger partial charge in [0.15, 0.2) is 0 Å². The van der Waals surface area contributed by atoms with Crippen LogP contribution in [-0.4, -0.2) is 22.6 Å². The van der Waals surface area contributed by atoms with E-state index in [0.717, 1.165) is 46.0 Å². The van der Waals surface area contributed by atoms with E-state index in [2.05, 4.69) is 11.8 Å². The monoisotopic (exact) mass is 236 g/mol. The van der Waals surface area contributed by atoms with E-state index < -0.39 is 0 Å². The molecule has 4 aliphatic rings. The van der Waals surface area contributed by atoms with Crippen LogP contribution >= 0.6 is 11.8 Å². The molecule has 1 heterocycles. The van der Waals surface area contributed by atoms with E-state index in [-0.39, 0.29) is 5.97 Å². The van der Waals surface area contributed by atoms with Crippen molar-refractivity contribution < 1.29 is 9.53 Å². The van der Waals surface area contributed by atoms with Gasteiger partial charge in [-0.1, -0.05) is 0 Å². The van der Waals surface area contributed by atoms with E-state index in [9.17, 15) is 4.79 Å². The Morgan fingerprint density at radius 1 is 1.06 bits per heavy atom. The van der Waals surface area contributed by atoms with Crippen LogP contribution in [0.2, 0.25) is 0 Å². The van der Waals surface area contributed by atoms with Gasteiger partial charge in [0.05, 0.1) is 0 Å². The van der Waals surface area contributed by atoms with E-state index in [0.29, 0.717) is 6.10 Å². The number of rotatable bonds is 1. The lowest BCUT2D eigenvalue weighted by Crippen LogP contribution is -2.54. The number of hydrogen-bond acceptors (Lipinski definition) is 3. The maximum Gasteiger partial charge on any atom is 0.302 e. The summed E-state index contributed by atoms with van der Waals surface area (Å²) in [6.07, 6.45) is 3.20. The van der Waals surface area contributed by atoms with Gasteiger partial charge in [-0.25, -0.2) is 0 Å². The van der Waals surface area contributed by atoms with E-state index in [1.165, 1.54) is 12.8 Å². The average molecular weight is 236 g/mol. The predicted molar refractivity (Wildman–Crippen MR) is 60.9 cm³/mol. The number of carbonyl (C=O) groups excluding carboxylic acids is 1. The Kier molecular flexibility index (Phi) is 1.37. The molecule has 16 heavy (non-hydrogen) atoms. The number of hydrogen-bond donors (Lipinski definition) is 0. The average Bonchev–Trinajstić information content (AvgIpc) is 2.54. The highest BCUT2D eigenvalue weighted by Gasteiger charge is 2.79. The number of thioether (sulfide) groups is 1. The molecule has 0 unspecified atom stereocenters. The van der Waals surface area contributed by atoms with Crippen molar-refractivity contribution >= 4 is 17.7 Å². The molecular formula is C13H16O2S. The first-order valence-corrected chi connectivity index (χ1v) is 7.54. The summed E-state index contributed by atoms with van der Waals surface area (Å²) in [5.41, 5.74) is 0. The molecule has 3 saturated carbocycles. The van der Waals surface area contributed by atoms with Gasteiger partial charge in [0, 0.05) is 29.3 Å². The summed E-state index contributed by atoms with van der Waals surface area (Å²) in [5, 5.41) is 1.72. The molecule has 9 atom stereocenters. The van der Waals surface area contributed by atoms with Gasteiger partial charge in [-0.05, 0) is 36.5 Å². The van der Waals surface area contributed by atoms with Crippen molar-refractivity contribution in [3.8, 4) is 0 Å². The predicted octanol–water partition coefficient (Wildman–Crippen LogP) is 1.93. The number of ether oxygens (including phenoxy) is 1. The number of fused-ring (bicyclic) bond motifs is 9. The zero-order valence-corrected chi connectivity index (χ0v) is 10.2. The Labute approximate surface area is 99.5 Å². The Balaban J connectivity index is 1.60. The first kappa shape index (κ1) is 8.84. The lowest BCUT2D eigenvalue weighted by Gasteiger charge is -2.53. The molecular weight excluding hydrogens is 220 g/mol. The van der Waals surface area contributed by atoms with Gasteiger partial charge in [-0.15, -0.1) is 0 Å². The van der Waals surface area contributed by atoms with E-state index >= 15 is 0 Å². The lowest BCUT2D eigenvalue weighted by atomic mass is 9.50. The zero-order valence-electron chi connectivity index (χ0n) is 9.34. The van der Waals surface area contributed by atoms with Gasteiger partial charge in [0.1, 0.15) is 6.10 Å². The highest BCUT2D eigenvalue weighted by molar-refractivity contribution is 8.01. The van der Waals surface area contributed by atoms with E-state index in [4.69, 9.17) is 4.74 Å². The summed E-state index contributed by atoms with van der Waals surface area (Å²) in [7, 11) is 0. The van der Waals surface area contributed by atoms with Crippen molar-refractivity contribution in [2.24, 2.45) is 35.5 Å². The molecule has 0 amide bonds. The van der Waals surface area contributed by atoms with Crippen LogP contribution in [0.4, 0.5) is 0 Å². The summed E-state index contributed by atoms with van der Waals surface area (Å²) in [4.78, 5) is 11.2. The van der Waals surface area contributed by atoms with Gasteiger partial charge >= 0.3 is 5.97 Å².